The number of nitrogens with one attached hydrogen (secondary N) is 3. The Hall–Kier alpha value is -2.92. The molecule has 11 heteroatoms. The van der Waals surface area contributed by atoms with E-state index in [9.17, 15) is 13.5 Å². The lowest BCUT2D eigenvalue weighted by atomic mass is 9.98. The van der Waals surface area contributed by atoms with Gasteiger partial charge < -0.3 is 20.6 Å². The fourth-order valence-electron chi connectivity index (χ4n) is 4.08. The predicted octanol–water partition coefficient (Wildman–Crippen LogP) is 2.28. The number of fused-ring (bicyclic) bond motifs is 1. The van der Waals surface area contributed by atoms with Crippen LogP contribution in [0.15, 0.2) is 29.3 Å². The van der Waals surface area contributed by atoms with Crippen LogP contribution in [0.25, 0.3) is 11.0 Å². The molecule has 1 saturated carbocycles. The quantitative estimate of drug-likeness (QED) is 0.421. The number of rotatable bonds is 7. The van der Waals surface area contributed by atoms with Gasteiger partial charge in [-0.3, -0.25) is 5.10 Å². The third-order valence-electron chi connectivity index (χ3n) is 5.94. The molecule has 0 spiro atoms. The minimum Gasteiger partial charge on any atom is -0.396 e. The molecule has 2 aromatic heterocycles. The van der Waals surface area contributed by atoms with Gasteiger partial charge in [-0.1, -0.05) is 0 Å². The standard InChI is InChI=1S/C21H27N7O3S/c1-32(30,31)20-17-18(22-14-4-5-14)24-21(25-19(17)26-27-20)23-15-6-8-16(9-7-15)28-10-2-3-13(11-28)12-29/h6-9,13-14,29H,2-5,10-12H2,1H3,(H3,22,23,24,25,26,27). The van der Waals surface area contributed by atoms with Gasteiger partial charge in [-0.2, -0.15) is 15.1 Å². The lowest BCUT2D eigenvalue weighted by Crippen LogP contribution is -2.36. The molecular weight excluding hydrogens is 430 g/mol. The van der Waals surface area contributed by atoms with Crippen molar-refractivity contribution in [3.05, 3.63) is 24.3 Å². The SMILES string of the molecule is CS(=O)(=O)c1[nH]nc2nc(Nc3ccc(N4CCCC(CO)C4)cc3)nc(NC3CC3)c12. The molecule has 2 aliphatic rings. The highest BCUT2D eigenvalue weighted by Crippen LogP contribution is 2.32. The number of sulfone groups is 1. The van der Waals surface area contributed by atoms with Crippen LogP contribution in [0, 0.1) is 5.92 Å². The number of aliphatic hydroxyl groups excluding tert-OH is 1. The minimum absolute atomic E-state index is 0.0225. The molecule has 1 aliphatic carbocycles. The van der Waals surface area contributed by atoms with Gasteiger partial charge in [0.2, 0.25) is 5.95 Å². The van der Waals surface area contributed by atoms with Crippen LogP contribution in [-0.2, 0) is 9.84 Å². The number of hydrogen-bond acceptors (Lipinski definition) is 9. The highest BCUT2D eigenvalue weighted by atomic mass is 32.2. The van der Waals surface area contributed by atoms with Crippen molar-refractivity contribution >= 4 is 44.0 Å². The third kappa shape index (κ3) is 4.35. The Morgan fingerprint density at radius 3 is 2.66 bits per heavy atom. The van der Waals surface area contributed by atoms with Crippen LogP contribution in [0.3, 0.4) is 0 Å². The second-order valence-electron chi connectivity index (χ2n) is 8.65. The summed E-state index contributed by atoms with van der Waals surface area (Å²) in [4.78, 5) is 11.3. The zero-order valence-corrected chi connectivity index (χ0v) is 18.7. The van der Waals surface area contributed by atoms with Crippen LogP contribution in [0.5, 0.6) is 0 Å². The van der Waals surface area contributed by atoms with Crippen molar-refractivity contribution in [2.45, 2.75) is 36.8 Å². The molecule has 2 fully saturated rings. The van der Waals surface area contributed by atoms with Gasteiger partial charge in [-0.15, -0.1) is 0 Å². The second kappa shape index (κ2) is 8.21. The summed E-state index contributed by atoms with van der Waals surface area (Å²) in [5.74, 6) is 1.14. The Morgan fingerprint density at radius 2 is 1.97 bits per heavy atom. The summed E-state index contributed by atoms with van der Waals surface area (Å²) in [5, 5.41) is 23.1. The van der Waals surface area contributed by atoms with Crippen LogP contribution in [0.1, 0.15) is 25.7 Å². The number of nitrogens with zero attached hydrogens (tertiary/aromatic N) is 4. The first-order chi connectivity index (χ1) is 15.4. The van der Waals surface area contributed by atoms with Crippen LogP contribution < -0.4 is 15.5 Å². The number of piperidine rings is 1. The van der Waals surface area contributed by atoms with E-state index in [0.717, 1.165) is 56.4 Å². The minimum atomic E-state index is -3.50. The summed E-state index contributed by atoms with van der Waals surface area (Å²) in [7, 11) is -3.50. The molecule has 0 amide bonds. The molecule has 5 rings (SSSR count). The van der Waals surface area contributed by atoms with Crippen LogP contribution in [0.2, 0.25) is 0 Å². The van der Waals surface area contributed by atoms with Crippen molar-refractivity contribution in [2.75, 3.05) is 41.5 Å². The van der Waals surface area contributed by atoms with Gasteiger partial charge in [0.1, 0.15) is 11.2 Å². The highest BCUT2D eigenvalue weighted by molar-refractivity contribution is 7.90. The number of benzene rings is 1. The van der Waals surface area contributed by atoms with Crippen molar-refractivity contribution < 1.29 is 13.5 Å². The summed E-state index contributed by atoms with van der Waals surface area (Å²) in [6.07, 6.45) is 5.33. The molecule has 1 aromatic carbocycles. The Morgan fingerprint density at radius 1 is 1.19 bits per heavy atom. The summed E-state index contributed by atoms with van der Waals surface area (Å²) in [6, 6.07) is 8.30. The van der Waals surface area contributed by atoms with Crippen molar-refractivity contribution in [2.24, 2.45) is 5.92 Å². The summed E-state index contributed by atoms with van der Waals surface area (Å²) < 4.78 is 24.3. The van der Waals surface area contributed by atoms with E-state index < -0.39 is 9.84 Å². The molecule has 32 heavy (non-hydrogen) atoms. The third-order valence-corrected chi connectivity index (χ3v) is 6.97. The molecule has 0 radical (unpaired) electrons. The van der Waals surface area contributed by atoms with Crippen LogP contribution >= 0.6 is 0 Å². The average Bonchev–Trinajstić information content (AvgIpc) is 3.48. The molecule has 4 N–H and O–H groups in total. The Balaban J connectivity index is 1.40. The monoisotopic (exact) mass is 457 g/mol. The molecule has 3 aromatic rings. The summed E-state index contributed by atoms with van der Waals surface area (Å²) in [5.41, 5.74) is 2.23. The lowest BCUT2D eigenvalue weighted by molar-refractivity contribution is 0.209. The van der Waals surface area contributed by atoms with Gasteiger partial charge >= 0.3 is 0 Å². The van der Waals surface area contributed by atoms with Gasteiger partial charge in [-0.25, -0.2) is 8.42 Å². The molecule has 1 atom stereocenters. The molecule has 0 bridgehead atoms. The topological polar surface area (TPSA) is 136 Å². The maximum absolute atomic E-state index is 12.2. The summed E-state index contributed by atoms with van der Waals surface area (Å²) in [6.45, 7) is 2.07. The molecule has 1 saturated heterocycles. The maximum Gasteiger partial charge on any atom is 0.231 e. The van der Waals surface area contributed by atoms with E-state index in [-0.39, 0.29) is 17.7 Å². The van der Waals surface area contributed by atoms with E-state index in [1.807, 2.05) is 24.3 Å². The predicted molar refractivity (Wildman–Crippen MR) is 123 cm³/mol. The van der Waals surface area contributed by atoms with E-state index in [2.05, 4.69) is 35.7 Å². The van der Waals surface area contributed by atoms with Crippen molar-refractivity contribution in [1.82, 2.24) is 20.2 Å². The van der Waals surface area contributed by atoms with Crippen LogP contribution in [0.4, 0.5) is 23.1 Å². The second-order valence-corrected chi connectivity index (χ2v) is 10.6. The molecular formula is C21H27N7O3S. The fraction of sp³-hybridized carbons (Fsp3) is 0.476. The number of anilines is 4. The van der Waals surface area contributed by atoms with Crippen molar-refractivity contribution in [3.63, 3.8) is 0 Å². The van der Waals surface area contributed by atoms with E-state index in [1.165, 1.54) is 0 Å². The van der Waals surface area contributed by atoms with E-state index in [1.54, 1.807) is 0 Å². The summed E-state index contributed by atoms with van der Waals surface area (Å²) >= 11 is 0. The fourth-order valence-corrected chi connectivity index (χ4v) is 4.85. The van der Waals surface area contributed by atoms with Crippen LogP contribution in [-0.4, -0.2) is 65.7 Å². The zero-order chi connectivity index (χ0) is 22.3. The van der Waals surface area contributed by atoms with Crippen molar-refractivity contribution in [3.8, 4) is 0 Å². The first-order valence-electron chi connectivity index (χ1n) is 10.9. The Labute approximate surface area is 186 Å². The first-order valence-corrected chi connectivity index (χ1v) is 12.8. The van der Waals surface area contributed by atoms with Gasteiger partial charge in [-0.05, 0) is 55.9 Å². The highest BCUT2D eigenvalue weighted by Gasteiger charge is 2.27. The lowest BCUT2D eigenvalue weighted by Gasteiger charge is -2.33. The van der Waals surface area contributed by atoms with E-state index >= 15 is 0 Å². The molecule has 1 unspecified atom stereocenters. The van der Waals surface area contributed by atoms with Gasteiger partial charge in [0.05, 0.1) is 0 Å². The number of aromatic nitrogens is 4. The number of aromatic amines is 1. The van der Waals surface area contributed by atoms with E-state index in [4.69, 9.17) is 0 Å². The molecule has 10 nitrogen and oxygen atoms in total. The normalized spacial score (nSPS) is 19.3. The number of hydrogen-bond donors (Lipinski definition) is 4. The largest absolute Gasteiger partial charge is 0.396 e. The number of H-pyrrole nitrogens is 1. The molecule has 3 heterocycles. The van der Waals surface area contributed by atoms with Gasteiger partial charge in [0.25, 0.3) is 0 Å². The van der Waals surface area contributed by atoms with Crippen molar-refractivity contribution in [1.29, 1.82) is 0 Å². The maximum atomic E-state index is 12.2. The zero-order valence-electron chi connectivity index (χ0n) is 17.9. The van der Waals surface area contributed by atoms with E-state index in [0.29, 0.717) is 28.7 Å². The number of aliphatic hydroxyl groups is 1. The average molecular weight is 458 g/mol. The molecule has 1 aliphatic heterocycles. The van der Waals surface area contributed by atoms with Gasteiger partial charge in [0, 0.05) is 43.4 Å². The first kappa shape index (κ1) is 21.0. The molecule has 170 valence electrons. The Bertz CT molecular complexity index is 1220. The smallest absolute Gasteiger partial charge is 0.231 e. The Kier molecular flexibility index (Phi) is 5.38. The van der Waals surface area contributed by atoms with Gasteiger partial charge in [0.15, 0.2) is 20.5 Å².